The molecule has 3 rings (SSSR count). The Balaban J connectivity index is 1.93. The van der Waals surface area contributed by atoms with Crippen LogP contribution in [0.1, 0.15) is 25.5 Å². The number of imidazole rings is 1. The van der Waals surface area contributed by atoms with Gasteiger partial charge in [0.25, 0.3) is 0 Å². The van der Waals surface area contributed by atoms with Gasteiger partial charge in [0.2, 0.25) is 0 Å². The number of ether oxygens (including phenoxy) is 1. The van der Waals surface area contributed by atoms with Crippen LogP contribution < -0.4 is 10.2 Å². The highest BCUT2D eigenvalue weighted by atomic mass is 16.5. The van der Waals surface area contributed by atoms with Crippen molar-refractivity contribution in [1.82, 2.24) is 14.7 Å². The Morgan fingerprint density at radius 1 is 1.48 bits per heavy atom. The third kappa shape index (κ3) is 2.89. The second-order valence-corrected chi connectivity index (χ2v) is 5.62. The van der Waals surface area contributed by atoms with Crippen molar-refractivity contribution in [3.05, 3.63) is 30.1 Å². The molecule has 0 aromatic carbocycles. The molecule has 0 aliphatic carbocycles. The molecule has 2 aromatic heterocycles. The molecular weight excluding hydrogens is 264 g/mol. The van der Waals surface area contributed by atoms with E-state index < -0.39 is 0 Å². The van der Waals surface area contributed by atoms with Gasteiger partial charge in [0.05, 0.1) is 18.3 Å². The van der Waals surface area contributed by atoms with E-state index in [9.17, 15) is 0 Å². The highest BCUT2D eigenvalue weighted by Crippen LogP contribution is 2.25. The molecule has 21 heavy (non-hydrogen) atoms. The van der Waals surface area contributed by atoms with Gasteiger partial charge in [-0.3, -0.25) is 0 Å². The number of nitrogens with one attached hydrogen (secondary N) is 1. The lowest BCUT2D eigenvalue weighted by Crippen LogP contribution is -2.33. The number of rotatable bonds is 6. The third-order valence-corrected chi connectivity index (χ3v) is 4.11. The van der Waals surface area contributed by atoms with Gasteiger partial charge in [0.15, 0.2) is 5.82 Å². The highest BCUT2D eigenvalue weighted by Gasteiger charge is 2.25. The fourth-order valence-electron chi connectivity index (χ4n) is 2.86. The molecule has 1 N–H and O–H groups in total. The van der Waals surface area contributed by atoms with E-state index in [0.717, 1.165) is 50.6 Å². The number of nitrogens with zero attached hydrogens (tertiary/aromatic N) is 3. The first-order valence-corrected chi connectivity index (χ1v) is 7.78. The molecule has 5 nitrogen and oxygen atoms in total. The number of likely N-dealkylation sites (N-methyl/N-ethyl adjacent to an activating group) is 1. The number of fused-ring (bicyclic) bond motifs is 1. The smallest absolute Gasteiger partial charge is 0.152 e. The first kappa shape index (κ1) is 14.4. The van der Waals surface area contributed by atoms with E-state index in [1.807, 2.05) is 6.07 Å². The Morgan fingerprint density at radius 3 is 3.14 bits per heavy atom. The van der Waals surface area contributed by atoms with Crippen molar-refractivity contribution in [2.45, 2.75) is 32.4 Å². The van der Waals surface area contributed by atoms with Crippen LogP contribution in [-0.2, 0) is 11.3 Å². The van der Waals surface area contributed by atoms with E-state index in [2.05, 4.69) is 46.9 Å². The van der Waals surface area contributed by atoms with Gasteiger partial charge < -0.3 is 19.4 Å². The summed E-state index contributed by atoms with van der Waals surface area (Å²) in [5, 5.41) is 3.50. The molecule has 0 amide bonds. The lowest BCUT2D eigenvalue weighted by Gasteiger charge is -2.24. The van der Waals surface area contributed by atoms with Crippen LogP contribution in [0.2, 0.25) is 0 Å². The van der Waals surface area contributed by atoms with Crippen molar-refractivity contribution in [2.24, 2.45) is 0 Å². The Morgan fingerprint density at radius 2 is 2.38 bits per heavy atom. The van der Waals surface area contributed by atoms with Gasteiger partial charge in [-0.25, -0.2) is 4.98 Å². The maximum atomic E-state index is 5.52. The molecule has 114 valence electrons. The molecule has 3 heterocycles. The molecule has 1 saturated heterocycles. The zero-order valence-corrected chi connectivity index (χ0v) is 12.9. The molecule has 1 aliphatic rings. The summed E-state index contributed by atoms with van der Waals surface area (Å²) in [6, 6.07) is 6.58. The minimum atomic E-state index is 0.430. The minimum absolute atomic E-state index is 0.430. The van der Waals surface area contributed by atoms with Gasteiger partial charge in [-0.15, -0.1) is 0 Å². The van der Waals surface area contributed by atoms with E-state index in [1.54, 1.807) is 0 Å². The lowest BCUT2D eigenvalue weighted by atomic mass is 10.2. The molecule has 0 bridgehead atoms. The predicted molar refractivity (Wildman–Crippen MR) is 84.8 cm³/mol. The van der Waals surface area contributed by atoms with E-state index in [4.69, 9.17) is 9.72 Å². The molecule has 1 unspecified atom stereocenters. The average Bonchev–Trinajstić information content (AvgIpc) is 3.15. The number of hydrogen-bond donors (Lipinski definition) is 1. The number of aromatic nitrogens is 2. The zero-order valence-electron chi connectivity index (χ0n) is 12.9. The van der Waals surface area contributed by atoms with Crippen molar-refractivity contribution in [2.75, 3.05) is 31.7 Å². The minimum Gasteiger partial charge on any atom is -0.379 e. The van der Waals surface area contributed by atoms with Crippen LogP contribution >= 0.6 is 0 Å². The van der Waals surface area contributed by atoms with Gasteiger partial charge in [0.1, 0.15) is 5.65 Å². The summed E-state index contributed by atoms with van der Waals surface area (Å²) in [6.45, 7) is 5.70. The third-order valence-electron chi connectivity index (χ3n) is 4.11. The summed E-state index contributed by atoms with van der Waals surface area (Å²) in [4.78, 5) is 7.11. The maximum Gasteiger partial charge on any atom is 0.152 e. The van der Waals surface area contributed by atoms with Crippen LogP contribution in [-0.4, -0.2) is 42.2 Å². The van der Waals surface area contributed by atoms with Gasteiger partial charge >= 0.3 is 0 Å². The molecular formula is C16H24N4O. The fraction of sp³-hybridized carbons (Fsp3) is 0.562. The van der Waals surface area contributed by atoms with E-state index >= 15 is 0 Å². The predicted octanol–water partition coefficient (Wildman–Crippen LogP) is 2.06. The lowest BCUT2D eigenvalue weighted by molar-refractivity contribution is 0.193. The van der Waals surface area contributed by atoms with Gasteiger partial charge in [0, 0.05) is 26.4 Å². The SMILES string of the molecule is CCCNCc1c(N(C)C2CCOC2)nc2ccccn12. The first-order valence-electron chi connectivity index (χ1n) is 7.78. The largest absolute Gasteiger partial charge is 0.379 e. The highest BCUT2D eigenvalue weighted by molar-refractivity contribution is 5.56. The topological polar surface area (TPSA) is 41.8 Å². The van der Waals surface area contributed by atoms with Crippen molar-refractivity contribution >= 4 is 11.5 Å². The van der Waals surface area contributed by atoms with Crippen molar-refractivity contribution in [3.8, 4) is 0 Å². The maximum absolute atomic E-state index is 5.52. The molecule has 1 atom stereocenters. The van der Waals surface area contributed by atoms with Gasteiger partial charge in [-0.05, 0) is 31.5 Å². The first-order chi connectivity index (χ1) is 10.3. The zero-order chi connectivity index (χ0) is 14.7. The molecule has 0 radical (unpaired) electrons. The Kier molecular flexibility index (Phi) is 4.41. The van der Waals surface area contributed by atoms with Crippen molar-refractivity contribution in [3.63, 3.8) is 0 Å². The van der Waals surface area contributed by atoms with Crippen LogP contribution in [0.3, 0.4) is 0 Å². The van der Waals surface area contributed by atoms with Crippen LogP contribution in [0.15, 0.2) is 24.4 Å². The van der Waals surface area contributed by atoms with Gasteiger partial charge in [-0.1, -0.05) is 13.0 Å². The van der Waals surface area contributed by atoms with Crippen LogP contribution in [0.4, 0.5) is 5.82 Å². The summed E-state index contributed by atoms with van der Waals surface area (Å²) in [5.41, 5.74) is 2.24. The Labute approximate surface area is 125 Å². The number of hydrogen-bond acceptors (Lipinski definition) is 4. The molecule has 0 saturated carbocycles. The summed E-state index contributed by atoms with van der Waals surface area (Å²) >= 11 is 0. The van der Waals surface area contributed by atoms with Crippen molar-refractivity contribution < 1.29 is 4.74 Å². The summed E-state index contributed by atoms with van der Waals surface area (Å²) in [5.74, 6) is 1.07. The summed E-state index contributed by atoms with van der Waals surface area (Å²) in [7, 11) is 2.13. The van der Waals surface area contributed by atoms with Crippen molar-refractivity contribution in [1.29, 1.82) is 0 Å². The summed E-state index contributed by atoms with van der Waals surface area (Å²) < 4.78 is 7.71. The molecule has 1 fully saturated rings. The molecule has 5 heteroatoms. The standard InChI is InChI=1S/C16H24N4O/c1-3-8-17-11-14-16(19(2)13-7-10-21-12-13)18-15-6-4-5-9-20(14)15/h4-6,9,13,17H,3,7-8,10-12H2,1-2H3. The van der Waals surface area contributed by atoms with Crippen LogP contribution in [0, 0.1) is 0 Å². The van der Waals surface area contributed by atoms with Crippen LogP contribution in [0.5, 0.6) is 0 Å². The molecule has 1 aliphatic heterocycles. The molecule has 0 spiro atoms. The van der Waals surface area contributed by atoms with E-state index in [0.29, 0.717) is 6.04 Å². The summed E-state index contributed by atoms with van der Waals surface area (Å²) in [6.07, 6.45) is 4.30. The quantitative estimate of drug-likeness (QED) is 0.826. The van der Waals surface area contributed by atoms with E-state index in [1.165, 1.54) is 5.69 Å². The van der Waals surface area contributed by atoms with Gasteiger partial charge in [-0.2, -0.15) is 0 Å². The average molecular weight is 288 g/mol. The number of pyridine rings is 1. The number of anilines is 1. The second-order valence-electron chi connectivity index (χ2n) is 5.62. The van der Waals surface area contributed by atoms with Crippen LogP contribution in [0.25, 0.3) is 5.65 Å². The monoisotopic (exact) mass is 288 g/mol. The Bertz CT molecular complexity index is 589. The second kappa shape index (κ2) is 6.45. The molecule has 2 aromatic rings. The fourth-order valence-corrected chi connectivity index (χ4v) is 2.86. The van der Waals surface area contributed by atoms with E-state index in [-0.39, 0.29) is 0 Å². The Hall–Kier alpha value is -1.59. The normalized spacial score (nSPS) is 18.5.